The summed E-state index contributed by atoms with van der Waals surface area (Å²) in [7, 11) is 0. The molecule has 0 aliphatic heterocycles. The van der Waals surface area contributed by atoms with E-state index in [0.717, 1.165) is 6.42 Å². The number of pyridine rings is 1. The van der Waals surface area contributed by atoms with Gasteiger partial charge in [-0.2, -0.15) is 0 Å². The summed E-state index contributed by atoms with van der Waals surface area (Å²) < 4.78 is 0. The molecule has 0 bridgehead atoms. The Kier molecular flexibility index (Phi) is 2.52. The molecular formula is C16H15N. The first-order chi connectivity index (χ1) is 8.33. The molecule has 0 atom stereocenters. The molecule has 0 N–H and O–H groups in total. The van der Waals surface area contributed by atoms with Crippen LogP contribution in [0.4, 0.5) is 0 Å². The first kappa shape index (κ1) is 10.3. The maximum absolute atomic E-state index is 4.16. The van der Waals surface area contributed by atoms with Crippen molar-refractivity contribution in [3.05, 3.63) is 65.0 Å². The Balaban J connectivity index is 2.04. The molecular weight excluding hydrogens is 206 g/mol. The molecule has 1 aromatic carbocycles. The minimum absolute atomic E-state index is 1.15. The van der Waals surface area contributed by atoms with Crippen LogP contribution in [0.3, 0.4) is 0 Å². The van der Waals surface area contributed by atoms with Gasteiger partial charge >= 0.3 is 0 Å². The number of fused-ring (bicyclic) bond motifs is 1. The number of allylic oxidation sites excluding steroid dienone is 1. The van der Waals surface area contributed by atoms with E-state index < -0.39 is 0 Å². The van der Waals surface area contributed by atoms with Crippen molar-refractivity contribution in [3.63, 3.8) is 0 Å². The van der Waals surface area contributed by atoms with Crippen molar-refractivity contribution >= 4 is 11.6 Å². The second-order valence-electron chi connectivity index (χ2n) is 4.62. The molecule has 84 valence electrons. The summed E-state index contributed by atoms with van der Waals surface area (Å²) in [5.74, 6) is 0. The lowest BCUT2D eigenvalue weighted by molar-refractivity contribution is 1.08. The van der Waals surface area contributed by atoms with E-state index in [2.05, 4.69) is 42.2 Å². The Labute approximate surface area is 102 Å². The number of benzene rings is 1. The van der Waals surface area contributed by atoms with Gasteiger partial charge in [0.1, 0.15) is 0 Å². The van der Waals surface area contributed by atoms with Gasteiger partial charge in [-0.25, -0.2) is 0 Å². The van der Waals surface area contributed by atoms with Crippen molar-refractivity contribution in [2.75, 3.05) is 0 Å². The fourth-order valence-electron chi connectivity index (χ4n) is 2.42. The number of hydrogen-bond donors (Lipinski definition) is 0. The fraction of sp³-hybridized carbons (Fsp3) is 0.188. The van der Waals surface area contributed by atoms with Crippen LogP contribution in [0, 0.1) is 6.92 Å². The highest BCUT2D eigenvalue weighted by Crippen LogP contribution is 2.34. The molecule has 1 nitrogen and oxygen atoms in total. The second-order valence-corrected chi connectivity index (χ2v) is 4.62. The van der Waals surface area contributed by atoms with Crippen molar-refractivity contribution in [2.24, 2.45) is 0 Å². The van der Waals surface area contributed by atoms with Gasteiger partial charge in [-0.1, -0.05) is 29.8 Å². The quantitative estimate of drug-likeness (QED) is 0.712. The third kappa shape index (κ3) is 2.01. The molecule has 0 spiro atoms. The average Bonchev–Trinajstić information content (AvgIpc) is 2.73. The summed E-state index contributed by atoms with van der Waals surface area (Å²) in [4.78, 5) is 4.16. The summed E-state index contributed by atoms with van der Waals surface area (Å²) >= 11 is 0. The Morgan fingerprint density at radius 1 is 1.18 bits per heavy atom. The molecule has 0 amide bonds. The largest absolute Gasteiger partial charge is 0.264 e. The summed E-state index contributed by atoms with van der Waals surface area (Å²) in [6.45, 7) is 2.15. The van der Waals surface area contributed by atoms with E-state index in [1.165, 1.54) is 34.2 Å². The maximum atomic E-state index is 4.16. The summed E-state index contributed by atoms with van der Waals surface area (Å²) in [6.07, 6.45) is 8.31. The SMILES string of the molecule is Cc1ccc2c(c1)/C(=C\c1cccnc1)CC2. The van der Waals surface area contributed by atoms with Crippen LogP contribution in [0.25, 0.3) is 11.6 Å². The van der Waals surface area contributed by atoms with E-state index in [-0.39, 0.29) is 0 Å². The molecule has 0 saturated carbocycles. The number of rotatable bonds is 1. The zero-order chi connectivity index (χ0) is 11.7. The molecule has 1 heterocycles. The van der Waals surface area contributed by atoms with Gasteiger partial charge in [-0.3, -0.25) is 4.98 Å². The normalized spacial score (nSPS) is 16.2. The molecule has 1 aliphatic rings. The van der Waals surface area contributed by atoms with Crippen molar-refractivity contribution in [3.8, 4) is 0 Å². The summed E-state index contributed by atoms with van der Waals surface area (Å²) in [5, 5.41) is 0. The lowest BCUT2D eigenvalue weighted by Gasteiger charge is -2.03. The molecule has 1 aliphatic carbocycles. The van der Waals surface area contributed by atoms with E-state index in [1.54, 1.807) is 0 Å². The lowest BCUT2D eigenvalue weighted by atomic mass is 10.0. The van der Waals surface area contributed by atoms with Gasteiger partial charge in [0.15, 0.2) is 0 Å². The smallest absolute Gasteiger partial charge is 0.0340 e. The van der Waals surface area contributed by atoms with E-state index in [0.29, 0.717) is 0 Å². The monoisotopic (exact) mass is 221 g/mol. The average molecular weight is 221 g/mol. The van der Waals surface area contributed by atoms with Crippen LogP contribution in [-0.4, -0.2) is 4.98 Å². The van der Waals surface area contributed by atoms with Crippen LogP contribution in [0.15, 0.2) is 42.7 Å². The van der Waals surface area contributed by atoms with Crippen LogP contribution >= 0.6 is 0 Å². The van der Waals surface area contributed by atoms with Crippen LogP contribution in [-0.2, 0) is 6.42 Å². The third-order valence-corrected chi connectivity index (χ3v) is 3.30. The van der Waals surface area contributed by atoms with Gasteiger partial charge in [0.05, 0.1) is 0 Å². The predicted octanol–water partition coefficient (Wildman–Crippen LogP) is 3.88. The van der Waals surface area contributed by atoms with Crippen molar-refractivity contribution < 1.29 is 0 Å². The fourth-order valence-corrected chi connectivity index (χ4v) is 2.42. The minimum Gasteiger partial charge on any atom is -0.264 e. The number of aryl methyl sites for hydroxylation is 2. The van der Waals surface area contributed by atoms with Crippen LogP contribution in [0.2, 0.25) is 0 Å². The van der Waals surface area contributed by atoms with E-state index in [9.17, 15) is 0 Å². The minimum atomic E-state index is 1.15. The third-order valence-electron chi connectivity index (χ3n) is 3.30. The predicted molar refractivity (Wildman–Crippen MR) is 71.6 cm³/mol. The Hall–Kier alpha value is -1.89. The zero-order valence-electron chi connectivity index (χ0n) is 9.98. The van der Waals surface area contributed by atoms with Crippen LogP contribution < -0.4 is 0 Å². The standard InChI is InChI=1S/C16H15N/c1-12-4-5-14-6-7-15(16(14)9-12)10-13-3-2-8-17-11-13/h2-5,8-11H,6-7H2,1H3/b15-10-. The molecule has 1 heteroatoms. The number of aromatic nitrogens is 1. The molecule has 1 aromatic heterocycles. The molecule has 0 radical (unpaired) electrons. The van der Waals surface area contributed by atoms with Crippen molar-refractivity contribution in [1.82, 2.24) is 4.98 Å². The first-order valence-corrected chi connectivity index (χ1v) is 6.03. The second kappa shape index (κ2) is 4.17. The number of hydrogen-bond acceptors (Lipinski definition) is 1. The van der Waals surface area contributed by atoms with Gasteiger partial charge in [0.2, 0.25) is 0 Å². The Morgan fingerprint density at radius 2 is 2.12 bits per heavy atom. The van der Waals surface area contributed by atoms with E-state index >= 15 is 0 Å². The highest BCUT2D eigenvalue weighted by molar-refractivity contribution is 5.85. The van der Waals surface area contributed by atoms with Gasteiger partial charge in [-0.15, -0.1) is 0 Å². The molecule has 17 heavy (non-hydrogen) atoms. The Morgan fingerprint density at radius 3 is 2.94 bits per heavy atom. The van der Waals surface area contributed by atoms with Gasteiger partial charge in [0.25, 0.3) is 0 Å². The van der Waals surface area contributed by atoms with Gasteiger partial charge < -0.3 is 0 Å². The van der Waals surface area contributed by atoms with Gasteiger partial charge in [0, 0.05) is 12.4 Å². The topological polar surface area (TPSA) is 12.9 Å². The highest BCUT2D eigenvalue weighted by Gasteiger charge is 2.15. The first-order valence-electron chi connectivity index (χ1n) is 6.03. The Bertz CT molecular complexity index is 567. The molecule has 0 fully saturated rings. The van der Waals surface area contributed by atoms with Gasteiger partial charge in [-0.05, 0) is 54.2 Å². The van der Waals surface area contributed by atoms with E-state index in [4.69, 9.17) is 0 Å². The van der Waals surface area contributed by atoms with Crippen LogP contribution in [0.1, 0.15) is 28.7 Å². The summed E-state index contributed by atoms with van der Waals surface area (Å²) in [6, 6.07) is 10.8. The number of nitrogens with zero attached hydrogens (tertiary/aromatic N) is 1. The van der Waals surface area contributed by atoms with Crippen LogP contribution in [0.5, 0.6) is 0 Å². The van der Waals surface area contributed by atoms with Crippen molar-refractivity contribution in [1.29, 1.82) is 0 Å². The maximum Gasteiger partial charge on any atom is 0.0340 e. The molecule has 3 rings (SSSR count). The zero-order valence-corrected chi connectivity index (χ0v) is 9.98. The lowest BCUT2D eigenvalue weighted by Crippen LogP contribution is -1.83. The molecule has 0 unspecified atom stereocenters. The highest BCUT2D eigenvalue weighted by atomic mass is 14.6. The van der Waals surface area contributed by atoms with E-state index in [1.807, 2.05) is 18.5 Å². The summed E-state index contributed by atoms with van der Waals surface area (Å²) in [5.41, 5.74) is 6.87. The molecule has 0 saturated heterocycles. The molecule has 2 aromatic rings. The van der Waals surface area contributed by atoms with Crippen molar-refractivity contribution in [2.45, 2.75) is 19.8 Å².